The molecule has 4 heterocycles. The number of carbonyl (C=O) groups excluding carboxylic acids is 2. The number of thioether (sulfide) groups is 1. The minimum atomic E-state index is -0.391. The second kappa shape index (κ2) is 9.36. The summed E-state index contributed by atoms with van der Waals surface area (Å²) in [4.78, 5) is 34.2. The SMILES string of the molecule is COC(=O)C1=C(C)N=C2SC=C(CC(=O)NCCN3CCCC3)N2C1c1ccsc1. The number of thiophene rings is 1. The fourth-order valence-corrected chi connectivity index (χ4v) is 5.72. The molecule has 0 aliphatic carbocycles. The highest BCUT2D eigenvalue weighted by molar-refractivity contribution is 8.16. The second-order valence-electron chi connectivity index (χ2n) is 7.52. The summed E-state index contributed by atoms with van der Waals surface area (Å²) >= 11 is 3.07. The molecule has 1 aromatic rings. The summed E-state index contributed by atoms with van der Waals surface area (Å²) in [5.74, 6) is -0.407. The van der Waals surface area contributed by atoms with Crippen molar-refractivity contribution in [2.24, 2.45) is 4.99 Å². The molecule has 0 spiro atoms. The number of nitrogens with zero attached hydrogens (tertiary/aromatic N) is 3. The van der Waals surface area contributed by atoms with E-state index in [4.69, 9.17) is 4.74 Å². The normalized spacial score (nSPS) is 21.4. The number of aliphatic imine (C=N–C) groups is 1. The monoisotopic (exact) mass is 446 g/mol. The number of amides is 1. The van der Waals surface area contributed by atoms with Crippen molar-refractivity contribution in [3.63, 3.8) is 0 Å². The van der Waals surface area contributed by atoms with Crippen LogP contribution in [0.2, 0.25) is 0 Å². The molecule has 1 saturated heterocycles. The molecule has 3 aliphatic heterocycles. The highest BCUT2D eigenvalue weighted by Gasteiger charge is 2.41. The molecule has 0 saturated carbocycles. The van der Waals surface area contributed by atoms with Crippen LogP contribution in [0.15, 0.2) is 44.2 Å². The van der Waals surface area contributed by atoms with Gasteiger partial charge in [0, 0.05) is 18.8 Å². The third-order valence-corrected chi connectivity index (χ3v) is 7.15. The molecule has 30 heavy (non-hydrogen) atoms. The van der Waals surface area contributed by atoms with Gasteiger partial charge in [-0.2, -0.15) is 11.3 Å². The van der Waals surface area contributed by atoms with E-state index < -0.39 is 5.97 Å². The Morgan fingerprint density at radius 1 is 1.33 bits per heavy atom. The Bertz CT molecular complexity index is 901. The van der Waals surface area contributed by atoms with Gasteiger partial charge in [-0.15, -0.1) is 0 Å². The van der Waals surface area contributed by atoms with Crippen LogP contribution in [0.25, 0.3) is 0 Å². The highest BCUT2D eigenvalue weighted by Crippen LogP contribution is 2.45. The van der Waals surface area contributed by atoms with Gasteiger partial charge in [-0.1, -0.05) is 11.8 Å². The summed E-state index contributed by atoms with van der Waals surface area (Å²) in [7, 11) is 1.38. The Morgan fingerprint density at radius 3 is 2.83 bits per heavy atom. The van der Waals surface area contributed by atoms with Crippen LogP contribution in [0.5, 0.6) is 0 Å². The van der Waals surface area contributed by atoms with Crippen molar-refractivity contribution >= 4 is 40.1 Å². The Labute approximate surface area is 184 Å². The first kappa shape index (κ1) is 21.1. The average molecular weight is 447 g/mol. The van der Waals surface area contributed by atoms with Gasteiger partial charge in [0.15, 0.2) is 5.17 Å². The molecular formula is C21H26N4O3S2. The van der Waals surface area contributed by atoms with Crippen LogP contribution in [0.4, 0.5) is 0 Å². The molecule has 0 aromatic carbocycles. The standard InChI is InChI=1S/C21H26N4O3S2/c1-14-18(20(27)28-2)19(15-5-10-29-12-15)25-16(13-30-21(25)23-14)11-17(26)22-6-9-24-7-3-4-8-24/h5,10,12-13,19H,3-4,6-9,11H2,1-2H3,(H,22,26). The minimum absolute atomic E-state index is 0.0164. The molecule has 7 nitrogen and oxygen atoms in total. The molecule has 160 valence electrons. The number of rotatable bonds is 7. The second-order valence-corrected chi connectivity index (χ2v) is 9.13. The number of amidine groups is 1. The topological polar surface area (TPSA) is 74.2 Å². The van der Waals surface area contributed by atoms with Crippen LogP contribution in [0, 0.1) is 0 Å². The Balaban J connectivity index is 1.49. The largest absolute Gasteiger partial charge is 0.466 e. The number of likely N-dealkylation sites (tertiary alicyclic amines) is 1. The van der Waals surface area contributed by atoms with Gasteiger partial charge in [-0.05, 0) is 60.7 Å². The zero-order valence-electron chi connectivity index (χ0n) is 17.2. The molecular weight excluding hydrogens is 420 g/mol. The van der Waals surface area contributed by atoms with E-state index >= 15 is 0 Å². The lowest BCUT2D eigenvalue weighted by atomic mass is 9.96. The van der Waals surface area contributed by atoms with Crippen molar-refractivity contribution in [2.75, 3.05) is 33.3 Å². The van der Waals surface area contributed by atoms with Crippen LogP contribution in [0.3, 0.4) is 0 Å². The summed E-state index contributed by atoms with van der Waals surface area (Å²) in [6, 6.07) is 1.67. The van der Waals surface area contributed by atoms with Gasteiger partial charge in [0.1, 0.15) is 0 Å². The van der Waals surface area contributed by atoms with E-state index in [2.05, 4.69) is 15.2 Å². The summed E-state index contributed by atoms with van der Waals surface area (Å²) in [6.45, 7) is 5.62. The number of ether oxygens (including phenoxy) is 1. The first-order chi connectivity index (χ1) is 14.6. The summed E-state index contributed by atoms with van der Waals surface area (Å²) < 4.78 is 5.06. The molecule has 1 N–H and O–H groups in total. The molecule has 1 atom stereocenters. The molecule has 4 rings (SSSR count). The number of hydrogen-bond acceptors (Lipinski definition) is 8. The highest BCUT2D eigenvalue weighted by atomic mass is 32.2. The molecule has 1 fully saturated rings. The van der Waals surface area contributed by atoms with Crippen molar-refractivity contribution in [1.29, 1.82) is 0 Å². The van der Waals surface area contributed by atoms with Gasteiger partial charge in [-0.25, -0.2) is 9.79 Å². The molecule has 3 aliphatic rings. The third-order valence-electron chi connectivity index (χ3n) is 5.56. The first-order valence-corrected chi connectivity index (χ1v) is 11.9. The third kappa shape index (κ3) is 4.33. The average Bonchev–Trinajstić information content (AvgIpc) is 3.49. The number of esters is 1. The number of carbonyl (C=O) groups is 2. The Hall–Kier alpha value is -2.10. The van der Waals surface area contributed by atoms with E-state index in [0.29, 0.717) is 17.8 Å². The summed E-state index contributed by atoms with van der Waals surface area (Å²) in [5.41, 5.74) is 3.02. The smallest absolute Gasteiger partial charge is 0.338 e. The van der Waals surface area contributed by atoms with Crippen molar-refractivity contribution in [3.8, 4) is 0 Å². The van der Waals surface area contributed by atoms with Crippen molar-refractivity contribution < 1.29 is 14.3 Å². The van der Waals surface area contributed by atoms with Gasteiger partial charge in [0.25, 0.3) is 0 Å². The lowest BCUT2D eigenvalue weighted by Gasteiger charge is -2.35. The number of methoxy groups -OCH3 is 1. The van der Waals surface area contributed by atoms with Gasteiger partial charge in [0.2, 0.25) is 5.91 Å². The predicted octanol–water partition coefficient (Wildman–Crippen LogP) is 3.10. The zero-order chi connectivity index (χ0) is 21.1. The van der Waals surface area contributed by atoms with E-state index in [1.54, 1.807) is 11.3 Å². The predicted molar refractivity (Wildman–Crippen MR) is 120 cm³/mol. The van der Waals surface area contributed by atoms with Gasteiger partial charge >= 0.3 is 5.97 Å². The summed E-state index contributed by atoms with van der Waals surface area (Å²) in [6.07, 6.45) is 2.74. The molecule has 1 unspecified atom stereocenters. The minimum Gasteiger partial charge on any atom is -0.466 e. The fourth-order valence-electron chi connectivity index (χ4n) is 4.07. The molecule has 0 bridgehead atoms. The van der Waals surface area contributed by atoms with Crippen LogP contribution < -0.4 is 5.32 Å². The summed E-state index contributed by atoms with van der Waals surface area (Å²) in [5, 5.41) is 9.81. The van der Waals surface area contributed by atoms with E-state index in [9.17, 15) is 9.59 Å². The van der Waals surface area contributed by atoms with Crippen LogP contribution in [0.1, 0.15) is 37.8 Å². The van der Waals surface area contributed by atoms with Crippen LogP contribution >= 0.6 is 23.1 Å². The number of nitrogens with one attached hydrogen (secondary N) is 1. The fraction of sp³-hybridized carbons (Fsp3) is 0.476. The number of allylic oxidation sites excluding steroid dienone is 1. The van der Waals surface area contributed by atoms with Gasteiger partial charge in [-0.3, -0.25) is 4.79 Å². The molecule has 1 aromatic heterocycles. The zero-order valence-corrected chi connectivity index (χ0v) is 18.9. The first-order valence-electron chi connectivity index (χ1n) is 10.1. The van der Waals surface area contributed by atoms with Crippen molar-refractivity contribution in [2.45, 2.75) is 32.2 Å². The van der Waals surface area contributed by atoms with Crippen molar-refractivity contribution in [1.82, 2.24) is 15.1 Å². The van der Waals surface area contributed by atoms with Crippen LogP contribution in [-0.4, -0.2) is 60.1 Å². The van der Waals surface area contributed by atoms with Crippen molar-refractivity contribution in [3.05, 3.63) is 44.8 Å². The van der Waals surface area contributed by atoms with E-state index in [1.807, 2.05) is 34.1 Å². The van der Waals surface area contributed by atoms with Gasteiger partial charge in [0.05, 0.1) is 30.8 Å². The molecule has 0 radical (unpaired) electrons. The Kier molecular flexibility index (Phi) is 6.60. The maximum absolute atomic E-state index is 12.6. The van der Waals surface area contributed by atoms with E-state index in [1.165, 1.54) is 31.7 Å². The lowest BCUT2D eigenvalue weighted by molar-refractivity contribution is -0.136. The Morgan fingerprint density at radius 2 is 2.13 bits per heavy atom. The molecule has 1 amide bonds. The van der Waals surface area contributed by atoms with Crippen LogP contribution in [-0.2, 0) is 14.3 Å². The number of fused-ring (bicyclic) bond motifs is 1. The van der Waals surface area contributed by atoms with Gasteiger partial charge < -0.3 is 19.9 Å². The lowest BCUT2D eigenvalue weighted by Crippen LogP contribution is -2.38. The quantitative estimate of drug-likeness (QED) is 0.649. The maximum atomic E-state index is 12.6. The molecule has 9 heteroatoms. The van der Waals surface area contributed by atoms with E-state index in [-0.39, 0.29) is 18.4 Å². The maximum Gasteiger partial charge on any atom is 0.338 e. The van der Waals surface area contributed by atoms with E-state index in [0.717, 1.165) is 36.1 Å². The number of hydrogen-bond donors (Lipinski definition) is 1.